The smallest absolute Gasteiger partial charge is 0.341 e. The standard InChI is InChI=1S/C28H24FN7O3/c29-20-3-7-21(8-4-20)33-11-13-34(14-12-33)25-10-9-23-26(37)24(28(38)39)16-36(27(23)32-25)22-5-1-19(2-6-22)15-35-18-30-17-31-35/h1-10,16-18H,11-15H2,(H,38,39). The van der Waals surface area contributed by atoms with E-state index in [2.05, 4.69) is 19.9 Å². The summed E-state index contributed by atoms with van der Waals surface area (Å²) in [6.07, 6.45) is 4.44. The van der Waals surface area contributed by atoms with Crippen LogP contribution in [0.25, 0.3) is 16.7 Å². The Balaban J connectivity index is 1.33. The van der Waals surface area contributed by atoms with Crippen LogP contribution >= 0.6 is 0 Å². The Bertz CT molecular complexity index is 1690. The molecule has 4 heterocycles. The van der Waals surface area contributed by atoms with Crippen LogP contribution in [0.1, 0.15) is 15.9 Å². The lowest BCUT2D eigenvalue weighted by Crippen LogP contribution is -2.46. The molecule has 196 valence electrons. The van der Waals surface area contributed by atoms with E-state index in [1.807, 2.05) is 24.3 Å². The number of carboxylic acids is 1. The number of benzene rings is 2. The fourth-order valence-electron chi connectivity index (χ4n) is 4.83. The minimum atomic E-state index is -1.29. The first-order valence-electron chi connectivity index (χ1n) is 12.4. The molecule has 11 heteroatoms. The second kappa shape index (κ2) is 10.0. The number of carboxylic acid groups (broad SMARTS) is 1. The third kappa shape index (κ3) is 4.81. The SMILES string of the molecule is O=C(O)c1cn(-c2ccc(Cn3cncn3)cc2)c2nc(N3CCN(c4ccc(F)cc4)CC3)ccc2c1=O. The predicted octanol–water partition coefficient (Wildman–Crippen LogP) is 3.19. The Morgan fingerprint density at radius 2 is 1.59 bits per heavy atom. The maximum Gasteiger partial charge on any atom is 0.341 e. The van der Waals surface area contributed by atoms with E-state index in [1.165, 1.54) is 24.7 Å². The average Bonchev–Trinajstić information content (AvgIpc) is 3.47. The summed E-state index contributed by atoms with van der Waals surface area (Å²) in [5.74, 6) is -0.862. The minimum absolute atomic E-state index is 0.232. The van der Waals surface area contributed by atoms with Crippen LogP contribution in [0.15, 0.2) is 84.3 Å². The molecular weight excluding hydrogens is 501 g/mol. The van der Waals surface area contributed by atoms with E-state index < -0.39 is 11.4 Å². The molecule has 39 heavy (non-hydrogen) atoms. The molecule has 10 nitrogen and oxygen atoms in total. The Morgan fingerprint density at radius 3 is 2.26 bits per heavy atom. The molecular formula is C28H24FN7O3. The number of aromatic carboxylic acids is 1. The van der Waals surface area contributed by atoms with Crippen LogP contribution in [0, 0.1) is 5.82 Å². The van der Waals surface area contributed by atoms with Crippen molar-refractivity contribution in [3.63, 3.8) is 0 Å². The van der Waals surface area contributed by atoms with Gasteiger partial charge in [0.15, 0.2) is 5.65 Å². The molecule has 2 aromatic carbocycles. The Labute approximate surface area is 222 Å². The highest BCUT2D eigenvalue weighted by Crippen LogP contribution is 2.23. The van der Waals surface area contributed by atoms with Crippen molar-refractivity contribution in [2.45, 2.75) is 6.54 Å². The number of pyridine rings is 2. The topological polar surface area (TPSA) is 109 Å². The Kier molecular flexibility index (Phi) is 6.23. The third-order valence-electron chi connectivity index (χ3n) is 6.89. The van der Waals surface area contributed by atoms with Crippen molar-refractivity contribution < 1.29 is 14.3 Å². The fraction of sp³-hybridized carbons (Fsp3) is 0.179. The second-order valence-electron chi connectivity index (χ2n) is 9.30. The molecule has 0 radical (unpaired) electrons. The van der Waals surface area contributed by atoms with Crippen LogP contribution in [-0.4, -0.2) is 61.6 Å². The summed E-state index contributed by atoms with van der Waals surface area (Å²) in [5, 5.41) is 14.0. The van der Waals surface area contributed by atoms with E-state index in [-0.39, 0.29) is 16.8 Å². The molecule has 1 saturated heterocycles. The lowest BCUT2D eigenvalue weighted by atomic mass is 10.1. The number of anilines is 2. The Hall–Kier alpha value is -5.06. The van der Waals surface area contributed by atoms with E-state index in [0.717, 1.165) is 24.3 Å². The summed E-state index contributed by atoms with van der Waals surface area (Å²) in [6.45, 7) is 3.36. The monoisotopic (exact) mass is 525 g/mol. The van der Waals surface area contributed by atoms with Gasteiger partial charge in [-0.2, -0.15) is 5.10 Å². The van der Waals surface area contributed by atoms with Crippen molar-refractivity contribution in [3.05, 3.63) is 107 Å². The van der Waals surface area contributed by atoms with E-state index in [9.17, 15) is 19.1 Å². The van der Waals surface area contributed by atoms with Gasteiger partial charge in [-0.1, -0.05) is 12.1 Å². The first-order valence-corrected chi connectivity index (χ1v) is 12.4. The van der Waals surface area contributed by atoms with E-state index in [0.29, 0.717) is 36.8 Å². The molecule has 0 atom stereocenters. The van der Waals surface area contributed by atoms with Gasteiger partial charge >= 0.3 is 5.97 Å². The van der Waals surface area contributed by atoms with Crippen LogP contribution in [0.3, 0.4) is 0 Å². The Morgan fingerprint density at radius 1 is 0.897 bits per heavy atom. The van der Waals surface area contributed by atoms with Gasteiger partial charge in [-0.15, -0.1) is 0 Å². The summed E-state index contributed by atoms with van der Waals surface area (Å²) in [6, 6.07) is 17.4. The van der Waals surface area contributed by atoms with Crippen molar-refractivity contribution in [1.82, 2.24) is 24.3 Å². The van der Waals surface area contributed by atoms with Crippen molar-refractivity contribution in [1.29, 1.82) is 0 Å². The number of hydrogen-bond acceptors (Lipinski definition) is 7. The third-order valence-corrected chi connectivity index (χ3v) is 6.89. The second-order valence-corrected chi connectivity index (χ2v) is 9.30. The van der Waals surface area contributed by atoms with Gasteiger partial charge in [0.25, 0.3) is 0 Å². The molecule has 3 aromatic heterocycles. The quantitative estimate of drug-likeness (QED) is 0.360. The van der Waals surface area contributed by atoms with Crippen LogP contribution in [0.5, 0.6) is 0 Å². The number of nitrogens with zero attached hydrogens (tertiary/aromatic N) is 7. The highest BCUT2D eigenvalue weighted by Gasteiger charge is 2.21. The van der Waals surface area contributed by atoms with Crippen molar-refractivity contribution in [3.8, 4) is 5.69 Å². The van der Waals surface area contributed by atoms with Crippen molar-refractivity contribution in [2.24, 2.45) is 0 Å². The largest absolute Gasteiger partial charge is 0.477 e. The predicted molar refractivity (Wildman–Crippen MR) is 144 cm³/mol. The lowest BCUT2D eigenvalue weighted by molar-refractivity contribution is 0.0695. The molecule has 0 bridgehead atoms. The van der Waals surface area contributed by atoms with Crippen molar-refractivity contribution in [2.75, 3.05) is 36.0 Å². The molecule has 0 unspecified atom stereocenters. The number of halogens is 1. The summed E-state index contributed by atoms with van der Waals surface area (Å²) >= 11 is 0. The number of fused-ring (bicyclic) bond motifs is 1. The highest BCUT2D eigenvalue weighted by atomic mass is 19.1. The molecule has 0 amide bonds. The number of piperazine rings is 1. The zero-order chi connectivity index (χ0) is 26.9. The number of hydrogen-bond donors (Lipinski definition) is 1. The van der Waals surface area contributed by atoms with Gasteiger partial charge in [0.2, 0.25) is 5.43 Å². The number of aromatic nitrogens is 5. The fourth-order valence-corrected chi connectivity index (χ4v) is 4.83. The van der Waals surface area contributed by atoms with E-state index >= 15 is 0 Å². The minimum Gasteiger partial charge on any atom is -0.477 e. The summed E-state index contributed by atoms with van der Waals surface area (Å²) in [4.78, 5) is 38.0. The average molecular weight is 526 g/mol. The summed E-state index contributed by atoms with van der Waals surface area (Å²) < 4.78 is 16.7. The zero-order valence-electron chi connectivity index (χ0n) is 20.8. The molecule has 5 aromatic rings. The van der Waals surface area contributed by atoms with Crippen LogP contribution in [0.4, 0.5) is 15.9 Å². The van der Waals surface area contributed by atoms with Gasteiger partial charge in [-0.25, -0.2) is 23.8 Å². The molecule has 0 spiro atoms. The first-order chi connectivity index (χ1) is 19.0. The molecule has 6 rings (SSSR count). The van der Waals surface area contributed by atoms with E-state index in [4.69, 9.17) is 4.98 Å². The van der Waals surface area contributed by atoms with Gasteiger partial charge in [-0.05, 0) is 54.1 Å². The lowest BCUT2D eigenvalue weighted by Gasteiger charge is -2.36. The molecule has 1 N–H and O–H groups in total. The van der Waals surface area contributed by atoms with Gasteiger partial charge in [0.1, 0.15) is 29.9 Å². The maximum absolute atomic E-state index is 13.3. The highest BCUT2D eigenvalue weighted by molar-refractivity contribution is 5.92. The van der Waals surface area contributed by atoms with E-state index in [1.54, 1.807) is 39.8 Å². The zero-order valence-corrected chi connectivity index (χ0v) is 20.8. The molecule has 0 saturated carbocycles. The summed E-state index contributed by atoms with van der Waals surface area (Å²) in [7, 11) is 0. The van der Waals surface area contributed by atoms with Crippen LogP contribution in [-0.2, 0) is 6.54 Å². The molecule has 0 aliphatic carbocycles. The molecule has 1 aliphatic rings. The van der Waals surface area contributed by atoms with Gasteiger partial charge in [0, 0.05) is 43.8 Å². The van der Waals surface area contributed by atoms with Gasteiger partial charge in [-0.3, -0.25) is 4.79 Å². The number of rotatable bonds is 6. The number of carbonyl (C=O) groups is 1. The van der Waals surface area contributed by atoms with Gasteiger partial charge in [0.05, 0.1) is 11.9 Å². The first kappa shape index (κ1) is 24.3. The van der Waals surface area contributed by atoms with Gasteiger partial charge < -0.3 is 19.5 Å². The maximum atomic E-state index is 13.3. The van der Waals surface area contributed by atoms with Crippen LogP contribution in [0.2, 0.25) is 0 Å². The van der Waals surface area contributed by atoms with Crippen molar-refractivity contribution >= 4 is 28.5 Å². The molecule has 1 aliphatic heterocycles. The van der Waals surface area contributed by atoms with Crippen LogP contribution < -0.4 is 15.2 Å². The summed E-state index contributed by atoms with van der Waals surface area (Å²) in [5.41, 5.74) is 2.11. The molecule has 1 fully saturated rings. The normalized spacial score (nSPS) is 13.7.